The zero-order chi connectivity index (χ0) is 18.5. The van der Waals surface area contributed by atoms with E-state index in [9.17, 15) is 20.2 Å². The van der Waals surface area contributed by atoms with Crippen LogP contribution in [0.25, 0.3) is 0 Å². The summed E-state index contributed by atoms with van der Waals surface area (Å²) in [5.41, 5.74) is 2.06. The van der Waals surface area contributed by atoms with Crippen molar-refractivity contribution in [3.8, 4) is 6.07 Å². The van der Waals surface area contributed by atoms with Crippen LogP contribution < -0.4 is 5.32 Å². The Kier molecular flexibility index (Phi) is 5.34. The summed E-state index contributed by atoms with van der Waals surface area (Å²) in [5.74, 6) is -0.0634. The number of nitrogens with zero attached hydrogens (tertiary/aromatic N) is 2. The molecular weight excluding hydrogens is 350 g/mol. The van der Waals surface area contributed by atoms with E-state index in [-0.39, 0.29) is 18.0 Å². The van der Waals surface area contributed by atoms with Crippen LogP contribution in [0, 0.1) is 21.4 Å². The molecule has 130 valence electrons. The van der Waals surface area contributed by atoms with Crippen LogP contribution in [-0.2, 0) is 10.5 Å². The van der Waals surface area contributed by atoms with Crippen molar-refractivity contribution >= 4 is 23.4 Å². The van der Waals surface area contributed by atoms with Crippen LogP contribution in [0.3, 0.4) is 0 Å². The average molecular weight is 365 g/mol. The molecule has 6 nitrogen and oxygen atoms in total. The van der Waals surface area contributed by atoms with E-state index in [2.05, 4.69) is 11.4 Å². The van der Waals surface area contributed by atoms with Crippen LogP contribution in [0.4, 0.5) is 5.69 Å². The minimum absolute atomic E-state index is 0.0516. The number of carbonyl (C=O) groups excluding carboxylic acids is 1. The van der Waals surface area contributed by atoms with Gasteiger partial charge in [0.15, 0.2) is 0 Å². The van der Waals surface area contributed by atoms with Gasteiger partial charge >= 0.3 is 0 Å². The Morgan fingerprint density at radius 3 is 2.69 bits per heavy atom. The summed E-state index contributed by atoms with van der Waals surface area (Å²) in [6.07, 6.45) is 0.0967. The largest absolute Gasteiger partial charge is 0.320 e. The molecule has 26 heavy (non-hydrogen) atoms. The predicted molar refractivity (Wildman–Crippen MR) is 99.0 cm³/mol. The lowest BCUT2D eigenvalue weighted by molar-refractivity contribution is -0.384. The lowest BCUT2D eigenvalue weighted by Crippen LogP contribution is -2.30. The van der Waals surface area contributed by atoms with Gasteiger partial charge in [0.1, 0.15) is 0 Å². The normalized spacial score (nSPS) is 16.7. The van der Waals surface area contributed by atoms with Gasteiger partial charge in [0.25, 0.3) is 5.69 Å². The number of amides is 1. The molecule has 0 radical (unpaired) electrons. The number of rotatable bonds is 5. The van der Waals surface area contributed by atoms with Gasteiger partial charge in [-0.3, -0.25) is 14.9 Å². The molecule has 0 bridgehead atoms. The number of carbonyl (C=O) groups is 1. The van der Waals surface area contributed by atoms with Crippen molar-refractivity contribution in [2.75, 3.05) is 0 Å². The fourth-order valence-electron chi connectivity index (χ4n) is 2.80. The number of non-ortho nitro benzene ring substituents is 1. The van der Waals surface area contributed by atoms with Crippen molar-refractivity contribution in [3.63, 3.8) is 0 Å². The fourth-order valence-corrected chi connectivity index (χ4v) is 3.84. The van der Waals surface area contributed by atoms with Crippen molar-refractivity contribution in [2.45, 2.75) is 18.1 Å². The maximum atomic E-state index is 12.1. The molecule has 0 saturated heterocycles. The molecule has 3 rings (SSSR count). The zero-order valence-corrected chi connectivity index (χ0v) is 14.5. The summed E-state index contributed by atoms with van der Waals surface area (Å²) in [4.78, 5) is 22.7. The Hall–Kier alpha value is -3.11. The highest BCUT2D eigenvalue weighted by Gasteiger charge is 2.30. The molecule has 1 aliphatic heterocycles. The number of nitro benzene ring substituents is 1. The monoisotopic (exact) mass is 365 g/mol. The molecule has 0 fully saturated rings. The number of nitro groups is 1. The van der Waals surface area contributed by atoms with E-state index < -0.39 is 10.8 Å². The van der Waals surface area contributed by atoms with Crippen LogP contribution in [-0.4, -0.2) is 10.8 Å². The maximum Gasteiger partial charge on any atom is 0.269 e. The second kappa shape index (κ2) is 7.85. The smallest absolute Gasteiger partial charge is 0.269 e. The van der Waals surface area contributed by atoms with Crippen molar-refractivity contribution in [2.24, 2.45) is 0 Å². The fraction of sp³-hybridized carbons (Fsp3) is 0.158. The van der Waals surface area contributed by atoms with Crippen molar-refractivity contribution in [1.82, 2.24) is 5.32 Å². The van der Waals surface area contributed by atoms with Gasteiger partial charge in [0.05, 0.1) is 21.6 Å². The molecule has 2 aromatic rings. The van der Waals surface area contributed by atoms with Gasteiger partial charge in [-0.1, -0.05) is 42.5 Å². The van der Waals surface area contributed by atoms with Crippen molar-refractivity contribution in [1.29, 1.82) is 5.26 Å². The summed E-state index contributed by atoms with van der Waals surface area (Å²) in [7, 11) is 0. The van der Waals surface area contributed by atoms with Gasteiger partial charge in [0.2, 0.25) is 5.91 Å². The molecule has 0 aromatic heterocycles. The number of nitriles is 1. The lowest BCUT2D eigenvalue weighted by Gasteiger charge is -2.25. The zero-order valence-electron chi connectivity index (χ0n) is 13.7. The van der Waals surface area contributed by atoms with E-state index >= 15 is 0 Å². The quantitative estimate of drug-likeness (QED) is 0.641. The molecule has 0 spiro atoms. The van der Waals surface area contributed by atoms with Gasteiger partial charge < -0.3 is 5.32 Å². The van der Waals surface area contributed by atoms with E-state index in [1.165, 1.54) is 23.9 Å². The first-order valence-electron chi connectivity index (χ1n) is 7.93. The lowest BCUT2D eigenvalue weighted by atomic mass is 9.87. The van der Waals surface area contributed by atoms with Crippen molar-refractivity contribution < 1.29 is 9.72 Å². The summed E-state index contributed by atoms with van der Waals surface area (Å²) in [6.45, 7) is 0. The summed E-state index contributed by atoms with van der Waals surface area (Å²) < 4.78 is 0. The molecule has 2 aromatic carbocycles. The first-order valence-corrected chi connectivity index (χ1v) is 8.92. The molecule has 1 atom stereocenters. The summed E-state index contributed by atoms with van der Waals surface area (Å²) in [5, 5.41) is 24.0. The highest BCUT2D eigenvalue weighted by atomic mass is 32.2. The van der Waals surface area contributed by atoms with Crippen molar-refractivity contribution in [3.05, 3.63) is 86.4 Å². The van der Waals surface area contributed by atoms with E-state index in [4.69, 9.17) is 0 Å². The van der Waals surface area contributed by atoms with Gasteiger partial charge in [0, 0.05) is 30.2 Å². The molecule has 1 amide bonds. The topological polar surface area (TPSA) is 96.0 Å². The maximum absolute atomic E-state index is 12.1. The first-order chi connectivity index (χ1) is 12.6. The van der Waals surface area contributed by atoms with Crippen LogP contribution in [0.1, 0.15) is 23.5 Å². The number of benzene rings is 2. The van der Waals surface area contributed by atoms with Crippen LogP contribution >= 0.6 is 11.8 Å². The number of hydrogen-bond acceptors (Lipinski definition) is 5. The van der Waals surface area contributed by atoms with Crippen LogP contribution in [0.2, 0.25) is 0 Å². The standard InChI is InChI=1S/C19H15N3O3S/c20-11-17-16(14-7-4-8-15(9-14)22(24)25)10-18(23)21-19(17)26-12-13-5-2-1-3-6-13/h1-9,16H,10,12H2,(H,21,23). The first kappa shape index (κ1) is 17.7. The van der Waals surface area contributed by atoms with E-state index in [1.54, 1.807) is 12.1 Å². The third-order valence-electron chi connectivity index (χ3n) is 4.07. The molecule has 1 unspecified atom stereocenters. The van der Waals surface area contributed by atoms with Gasteiger partial charge in [-0.2, -0.15) is 5.26 Å². The Bertz CT molecular complexity index is 919. The minimum Gasteiger partial charge on any atom is -0.320 e. The third-order valence-corrected chi connectivity index (χ3v) is 5.15. The summed E-state index contributed by atoms with van der Waals surface area (Å²) in [6, 6.07) is 18.0. The SMILES string of the molecule is N#CC1=C(SCc2ccccc2)NC(=O)CC1c1cccc([N+](=O)[O-])c1. The number of nitrogens with one attached hydrogen (secondary N) is 1. The Morgan fingerprint density at radius 1 is 1.23 bits per heavy atom. The molecule has 1 N–H and O–H groups in total. The average Bonchev–Trinajstić information content (AvgIpc) is 2.66. The third kappa shape index (κ3) is 3.92. The second-order valence-electron chi connectivity index (χ2n) is 5.79. The minimum atomic E-state index is -0.480. The van der Waals surface area contributed by atoms with Gasteiger partial charge in [-0.25, -0.2) is 0 Å². The molecular formula is C19H15N3O3S. The molecule has 0 saturated carbocycles. The van der Waals surface area contributed by atoms with E-state index in [0.717, 1.165) is 5.56 Å². The number of thioether (sulfide) groups is 1. The molecule has 0 aliphatic carbocycles. The highest BCUT2D eigenvalue weighted by Crippen LogP contribution is 2.37. The molecule has 7 heteroatoms. The predicted octanol–water partition coefficient (Wildman–Crippen LogP) is 3.87. The Morgan fingerprint density at radius 2 is 2.00 bits per heavy atom. The molecule has 1 aliphatic rings. The Labute approximate surface area is 154 Å². The highest BCUT2D eigenvalue weighted by molar-refractivity contribution is 8.02. The number of hydrogen-bond donors (Lipinski definition) is 1. The van der Waals surface area contributed by atoms with Crippen LogP contribution in [0.5, 0.6) is 0 Å². The van der Waals surface area contributed by atoms with Crippen LogP contribution in [0.15, 0.2) is 65.2 Å². The summed E-state index contributed by atoms with van der Waals surface area (Å²) >= 11 is 1.39. The second-order valence-corrected chi connectivity index (χ2v) is 6.77. The van der Waals surface area contributed by atoms with E-state index in [1.807, 2.05) is 30.3 Å². The van der Waals surface area contributed by atoms with Gasteiger partial charge in [-0.05, 0) is 11.1 Å². The van der Waals surface area contributed by atoms with Gasteiger partial charge in [-0.15, -0.1) is 11.8 Å². The van der Waals surface area contributed by atoms with E-state index in [0.29, 0.717) is 21.9 Å². The molecule has 1 heterocycles. The number of allylic oxidation sites excluding steroid dienone is 1. The Balaban J connectivity index is 1.92.